The van der Waals surface area contributed by atoms with E-state index in [1.807, 2.05) is 0 Å². The smallest absolute Gasteiger partial charge is 0.240 e. The number of benzene rings is 1. The molecule has 15 heavy (non-hydrogen) atoms. The zero-order chi connectivity index (χ0) is 11.0. The van der Waals surface area contributed by atoms with Crippen molar-refractivity contribution in [3.8, 4) is 11.3 Å². The van der Waals surface area contributed by atoms with E-state index in [2.05, 4.69) is 21.1 Å². The summed E-state index contributed by atoms with van der Waals surface area (Å²) in [5.41, 5.74) is 1.27. The van der Waals surface area contributed by atoms with Gasteiger partial charge in [0.05, 0.1) is 5.02 Å². The number of rotatable bonds is 1. The Bertz CT molecular complexity index is 512. The maximum Gasteiger partial charge on any atom is 0.240 e. The van der Waals surface area contributed by atoms with Gasteiger partial charge in [-0.15, -0.1) is 0 Å². The molecule has 0 saturated heterocycles. The van der Waals surface area contributed by atoms with Crippen LogP contribution in [0.5, 0.6) is 0 Å². The lowest BCUT2D eigenvalue weighted by molar-refractivity contribution is 0.423. The largest absolute Gasteiger partial charge is 0.343 e. The van der Waals surface area contributed by atoms with Gasteiger partial charge in [0.25, 0.3) is 0 Å². The van der Waals surface area contributed by atoms with Crippen LogP contribution in [-0.2, 0) is 0 Å². The van der Waals surface area contributed by atoms with Gasteiger partial charge in [0.1, 0.15) is 10.2 Å². The van der Waals surface area contributed by atoms with Gasteiger partial charge in [0.2, 0.25) is 5.22 Å². The minimum Gasteiger partial charge on any atom is -0.343 e. The van der Waals surface area contributed by atoms with Crippen molar-refractivity contribution in [2.75, 3.05) is 0 Å². The lowest BCUT2D eigenvalue weighted by atomic mass is 10.1. The van der Waals surface area contributed by atoms with Crippen LogP contribution >= 0.6 is 50.7 Å². The number of aromatic nitrogens is 1. The molecule has 2 nitrogen and oxygen atoms in total. The normalized spacial score (nSPS) is 10.7. The first-order valence-electron chi connectivity index (χ1n) is 3.85. The van der Waals surface area contributed by atoms with Crippen molar-refractivity contribution in [3.63, 3.8) is 0 Å². The topological polar surface area (TPSA) is 26.0 Å². The number of hydrogen-bond donors (Lipinski definition) is 0. The van der Waals surface area contributed by atoms with Crippen molar-refractivity contribution in [1.82, 2.24) is 5.16 Å². The number of hydrogen-bond acceptors (Lipinski definition) is 2. The van der Waals surface area contributed by atoms with Crippen LogP contribution in [0.3, 0.4) is 0 Å². The molecule has 2 aromatic rings. The SMILES string of the molecule is Clc1ccc(-c2noc(Cl)c2Br)c(Cl)c1. The van der Waals surface area contributed by atoms with Crippen LogP contribution < -0.4 is 0 Å². The molecule has 0 saturated carbocycles. The molecule has 0 atom stereocenters. The maximum atomic E-state index is 6.02. The Balaban J connectivity index is 2.59. The van der Waals surface area contributed by atoms with Crippen molar-refractivity contribution in [2.24, 2.45) is 0 Å². The van der Waals surface area contributed by atoms with Crippen LogP contribution in [0.25, 0.3) is 11.3 Å². The standard InChI is InChI=1S/C9H3BrCl3NO/c10-7-8(14-15-9(7)13)5-2-1-4(11)3-6(5)12/h1-3H. The minimum atomic E-state index is 0.191. The third-order valence-electron chi connectivity index (χ3n) is 1.78. The Kier molecular flexibility index (Phi) is 3.26. The molecule has 0 unspecified atom stereocenters. The molecular weight excluding hydrogens is 324 g/mol. The van der Waals surface area contributed by atoms with E-state index in [0.29, 0.717) is 25.8 Å². The molecule has 0 aliphatic rings. The first-order valence-corrected chi connectivity index (χ1v) is 5.78. The van der Waals surface area contributed by atoms with Crippen LogP contribution in [0.4, 0.5) is 0 Å². The average Bonchev–Trinajstić information content (AvgIpc) is 2.49. The van der Waals surface area contributed by atoms with Crippen molar-refractivity contribution >= 4 is 50.7 Å². The summed E-state index contributed by atoms with van der Waals surface area (Å²) in [5.74, 6) is 0. The summed E-state index contributed by atoms with van der Waals surface area (Å²) in [6.45, 7) is 0. The van der Waals surface area contributed by atoms with E-state index >= 15 is 0 Å². The van der Waals surface area contributed by atoms with Crippen LogP contribution in [0.1, 0.15) is 0 Å². The van der Waals surface area contributed by atoms with E-state index in [1.54, 1.807) is 18.2 Å². The van der Waals surface area contributed by atoms with Gasteiger partial charge in [-0.1, -0.05) is 28.4 Å². The fourth-order valence-electron chi connectivity index (χ4n) is 1.11. The predicted octanol–water partition coefficient (Wildman–Crippen LogP) is 5.06. The summed E-state index contributed by atoms with van der Waals surface area (Å²) in [4.78, 5) is 0. The first-order chi connectivity index (χ1) is 7.09. The van der Waals surface area contributed by atoms with Gasteiger partial charge in [-0.3, -0.25) is 0 Å². The molecule has 0 aliphatic carbocycles. The predicted molar refractivity (Wildman–Crippen MR) is 64.7 cm³/mol. The maximum absolute atomic E-state index is 6.02. The van der Waals surface area contributed by atoms with E-state index < -0.39 is 0 Å². The molecule has 6 heteroatoms. The Morgan fingerprint density at radius 3 is 2.47 bits per heavy atom. The van der Waals surface area contributed by atoms with E-state index in [9.17, 15) is 0 Å². The molecule has 0 aliphatic heterocycles. The molecular formula is C9H3BrCl3NO. The highest BCUT2D eigenvalue weighted by atomic mass is 79.9. The monoisotopic (exact) mass is 325 g/mol. The molecule has 1 aromatic carbocycles. The minimum absolute atomic E-state index is 0.191. The molecule has 0 fully saturated rings. The van der Waals surface area contributed by atoms with Crippen LogP contribution in [0, 0.1) is 0 Å². The summed E-state index contributed by atoms with van der Waals surface area (Å²) in [5, 5.41) is 5.04. The fourth-order valence-corrected chi connectivity index (χ4v) is 2.09. The Morgan fingerprint density at radius 2 is 1.93 bits per heavy atom. The van der Waals surface area contributed by atoms with Gasteiger partial charge in [-0.25, -0.2) is 0 Å². The van der Waals surface area contributed by atoms with Gasteiger partial charge < -0.3 is 4.52 Å². The van der Waals surface area contributed by atoms with Crippen molar-refractivity contribution in [2.45, 2.75) is 0 Å². The summed E-state index contributed by atoms with van der Waals surface area (Å²) in [7, 11) is 0. The van der Waals surface area contributed by atoms with Crippen LogP contribution in [0.15, 0.2) is 27.2 Å². The van der Waals surface area contributed by atoms with Gasteiger partial charge in [0.15, 0.2) is 0 Å². The van der Waals surface area contributed by atoms with E-state index in [4.69, 9.17) is 39.3 Å². The molecule has 0 bridgehead atoms. The highest BCUT2D eigenvalue weighted by Gasteiger charge is 2.15. The quantitative estimate of drug-likeness (QED) is 0.731. The second-order valence-corrected chi connectivity index (χ2v) is 4.72. The van der Waals surface area contributed by atoms with Gasteiger partial charge >= 0.3 is 0 Å². The van der Waals surface area contributed by atoms with E-state index in [1.165, 1.54) is 0 Å². The summed E-state index contributed by atoms with van der Waals surface area (Å²) in [6, 6.07) is 5.11. The van der Waals surface area contributed by atoms with Gasteiger partial charge in [-0.05, 0) is 45.7 Å². The lowest BCUT2D eigenvalue weighted by Gasteiger charge is -2.00. The third-order valence-corrected chi connectivity index (χ3v) is 3.55. The molecule has 2 rings (SSSR count). The number of nitrogens with zero attached hydrogens (tertiary/aromatic N) is 1. The van der Waals surface area contributed by atoms with Crippen LogP contribution in [-0.4, -0.2) is 5.16 Å². The molecule has 1 aromatic heterocycles. The molecule has 0 amide bonds. The zero-order valence-electron chi connectivity index (χ0n) is 7.10. The third kappa shape index (κ3) is 2.16. The highest BCUT2D eigenvalue weighted by molar-refractivity contribution is 9.10. The number of halogens is 4. The Hall–Kier alpha value is -0.220. The fraction of sp³-hybridized carbons (Fsp3) is 0. The van der Waals surface area contributed by atoms with Crippen LogP contribution in [0.2, 0.25) is 15.3 Å². The molecule has 1 heterocycles. The van der Waals surface area contributed by atoms with Crippen molar-refractivity contribution < 1.29 is 4.52 Å². The van der Waals surface area contributed by atoms with Gasteiger partial charge in [0, 0.05) is 10.6 Å². The summed E-state index contributed by atoms with van der Waals surface area (Å²) >= 11 is 20.8. The average molecular weight is 327 g/mol. The van der Waals surface area contributed by atoms with Gasteiger partial charge in [-0.2, -0.15) is 0 Å². The Morgan fingerprint density at radius 1 is 1.20 bits per heavy atom. The molecule has 0 N–H and O–H groups in total. The highest BCUT2D eigenvalue weighted by Crippen LogP contribution is 2.37. The van der Waals surface area contributed by atoms with Crippen molar-refractivity contribution in [3.05, 3.63) is 37.9 Å². The summed E-state index contributed by atoms with van der Waals surface area (Å²) in [6.07, 6.45) is 0. The summed E-state index contributed by atoms with van der Waals surface area (Å²) < 4.78 is 5.39. The second kappa shape index (κ2) is 4.34. The molecule has 0 radical (unpaired) electrons. The molecule has 78 valence electrons. The first kappa shape index (κ1) is 11.3. The van der Waals surface area contributed by atoms with E-state index in [0.717, 1.165) is 0 Å². The zero-order valence-corrected chi connectivity index (χ0v) is 11.0. The lowest BCUT2D eigenvalue weighted by Crippen LogP contribution is -1.80. The second-order valence-electron chi connectivity index (χ2n) is 2.74. The molecule has 0 spiro atoms. The van der Waals surface area contributed by atoms with Crippen molar-refractivity contribution in [1.29, 1.82) is 0 Å². The Labute approximate surface area is 109 Å². The van der Waals surface area contributed by atoms with E-state index in [-0.39, 0.29) is 5.22 Å².